The Labute approximate surface area is 206 Å². The molecule has 4 aromatic rings. The van der Waals surface area contributed by atoms with Gasteiger partial charge >= 0.3 is 0 Å². The van der Waals surface area contributed by atoms with Gasteiger partial charge in [0.2, 0.25) is 5.91 Å². The Balaban J connectivity index is 1.35. The van der Waals surface area contributed by atoms with Crippen LogP contribution in [-0.4, -0.2) is 93.3 Å². The van der Waals surface area contributed by atoms with E-state index in [2.05, 4.69) is 26.6 Å². The molecule has 5 heterocycles. The molecule has 1 N–H and O–H groups in total. The lowest BCUT2D eigenvalue weighted by molar-refractivity contribution is -0.127. The second-order valence-corrected chi connectivity index (χ2v) is 9.76. The van der Waals surface area contributed by atoms with E-state index >= 15 is 0 Å². The van der Waals surface area contributed by atoms with Crippen LogP contribution in [-0.2, 0) is 16.1 Å². The number of piperazine rings is 1. The highest BCUT2D eigenvalue weighted by molar-refractivity contribution is 7.19. The van der Waals surface area contributed by atoms with E-state index in [9.17, 15) is 4.79 Å². The van der Waals surface area contributed by atoms with Crippen LogP contribution in [0.5, 0.6) is 0 Å². The topological polar surface area (TPSA) is 103 Å². The van der Waals surface area contributed by atoms with Crippen molar-refractivity contribution in [2.24, 2.45) is 0 Å². The molecule has 35 heavy (non-hydrogen) atoms. The largest absolute Gasteiger partial charge is 0.378 e. The molecular weight excluding hydrogens is 464 g/mol. The predicted octanol–water partition coefficient (Wildman–Crippen LogP) is 2.30. The fourth-order valence-electron chi connectivity index (χ4n) is 4.64. The number of hydrogen-bond donors (Lipinski definition) is 1. The number of nitrogens with zero attached hydrogens (tertiary/aromatic N) is 7. The number of carbonyl (C=O) groups is 1. The molecule has 180 valence electrons. The molecule has 0 spiro atoms. The minimum Gasteiger partial charge on any atom is -0.378 e. The summed E-state index contributed by atoms with van der Waals surface area (Å²) in [6, 6.07) is 6.01. The van der Waals surface area contributed by atoms with E-state index in [0.29, 0.717) is 32.1 Å². The molecule has 0 bridgehead atoms. The Morgan fingerprint density at radius 3 is 2.74 bits per heavy atom. The molecule has 6 rings (SSSR count). The van der Waals surface area contributed by atoms with Gasteiger partial charge in [0.25, 0.3) is 0 Å². The summed E-state index contributed by atoms with van der Waals surface area (Å²) in [5.41, 5.74) is 2.61. The lowest BCUT2D eigenvalue weighted by Crippen LogP contribution is -2.47. The summed E-state index contributed by atoms with van der Waals surface area (Å²) in [6.07, 6.45) is 3.20. The van der Waals surface area contributed by atoms with Crippen LogP contribution >= 0.6 is 11.3 Å². The molecule has 2 fully saturated rings. The van der Waals surface area contributed by atoms with Crippen LogP contribution in [0.2, 0.25) is 0 Å². The van der Waals surface area contributed by atoms with Gasteiger partial charge in [-0.15, -0.1) is 11.3 Å². The zero-order valence-corrected chi connectivity index (χ0v) is 20.1. The van der Waals surface area contributed by atoms with Gasteiger partial charge in [0.05, 0.1) is 31.5 Å². The quantitative estimate of drug-likeness (QED) is 0.425. The van der Waals surface area contributed by atoms with Crippen LogP contribution in [0, 0.1) is 0 Å². The summed E-state index contributed by atoms with van der Waals surface area (Å²) >= 11 is 1.66. The summed E-state index contributed by atoms with van der Waals surface area (Å²) in [7, 11) is 0. The van der Waals surface area contributed by atoms with Gasteiger partial charge in [0.15, 0.2) is 17.3 Å². The van der Waals surface area contributed by atoms with Crippen LogP contribution in [0.25, 0.3) is 32.6 Å². The number of aromatic amines is 1. The summed E-state index contributed by atoms with van der Waals surface area (Å²) in [5.74, 6) is 1.56. The average Bonchev–Trinajstić information content (AvgIpc) is 3.55. The van der Waals surface area contributed by atoms with Crippen LogP contribution < -0.4 is 4.90 Å². The Hall–Kier alpha value is -3.41. The highest BCUT2D eigenvalue weighted by Crippen LogP contribution is 2.34. The molecular formula is C24H26N8O2S. The molecule has 2 aliphatic rings. The third-order valence-corrected chi connectivity index (χ3v) is 7.56. The third-order valence-electron chi connectivity index (χ3n) is 6.53. The van der Waals surface area contributed by atoms with E-state index in [-0.39, 0.29) is 5.91 Å². The number of hydrogen-bond acceptors (Lipinski definition) is 9. The van der Waals surface area contributed by atoms with Crippen LogP contribution in [0.3, 0.4) is 0 Å². The molecule has 0 saturated carbocycles. The van der Waals surface area contributed by atoms with Crippen molar-refractivity contribution in [3.8, 4) is 11.4 Å². The lowest BCUT2D eigenvalue weighted by atomic mass is 10.1. The van der Waals surface area contributed by atoms with Crippen molar-refractivity contribution in [3.05, 3.63) is 42.1 Å². The molecule has 2 saturated heterocycles. The minimum atomic E-state index is -0.00441. The number of nitrogens with one attached hydrogen (secondary N) is 1. The monoisotopic (exact) mass is 490 g/mol. The van der Waals surface area contributed by atoms with Gasteiger partial charge in [-0.3, -0.25) is 14.8 Å². The fourth-order valence-corrected chi connectivity index (χ4v) is 5.70. The minimum absolute atomic E-state index is 0.00441. The molecule has 11 heteroatoms. The number of H-pyrrole nitrogens is 1. The first kappa shape index (κ1) is 22.1. The molecule has 0 radical (unpaired) electrons. The van der Waals surface area contributed by atoms with Crippen molar-refractivity contribution in [1.82, 2.24) is 34.9 Å². The second-order valence-electron chi connectivity index (χ2n) is 8.67. The van der Waals surface area contributed by atoms with Gasteiger partial charge in [-0.1, -0.05) is 18.7 Å². The Kier molecular flexibility index (Phi) is 5.88. The number of thiazole rings is 1. The summed E-state index contributed by atoms with van der Waals surface area (Å²) < 4.78 is 6.59. The summed E-state index contributed by atoms with van der Waals surface area (Å²) in [4.78, 5) is 33.2. The van der Waals surface area contributed by atoms with E-state index in [1.165, 1.54) is 6.08 Å². The van der Waals surface area contributed by atoms with Crippen LogP contribution in [0.4, 0.5) is 5.82 Å². The van der Waals surface area contributed by atoms with Crippen molar-refractivity contribution < 1.29 is 9.53 Å². The van der Waals surface area contributed by atoms with Crippen LogP contribution in [0.1, 0.15) is 5.01 Å². The average molecular weight is 491 g/mol. The van der Waals surface area contributed by atoms with Gasteiger partial charge in [-0.2, -0.15) is 5.10 Å². The first-order valence-corrected chi connectivity index (χ1v) is 12.6. The number of benzene rings is 1. The molecule has 1 amide bonds. The maximum atomic E-state index is 11.9. The Morgan fingerprint density at radius 2 is 1.94 bits per heavy atom. The summed E-state index contributed by atoms with van der Waals surface area (Å²) in [5, 5.41) is 9.22. The maximum Gasteiger partial charge on any atom is 0.246 e. The highest BCUT2D eigenvalue weighted by atomic mass is 32.1. The Morgan fingerprint density at radius 1 is 1.11 bits per heavy atom. The number of morpholine rings is 1. The zero-order valence-electron chi connectivity index (χ0n) is 19.3. The molecule has 0 aliphatic carbocycles. The van der Waals surface area contributed by atoms with Gasteiger partial charge in [0.1, 0.15) is 9.71 Å². The van der Waals surface area contributed by atoms with Gasteiger partial charge in [-0.05, 0) is 12.1 Å². The van der Waals surface area contributed by atoms with Crippen molar-refractivity contribution in [1.29, 1.82) is 0 Å². The van der Waals surface area contributed by atoms with Crippen molar-refractivity contribution >= 4 is 44.3 Å². The highest BCUT2D eigenvalue weighted by Gasteiger charge is 2.24. The fraction of sp³-hybridized carbons (Fsp3) is 0.375. The number of rotatable bonds is 5. The van der Waals surface area contributed by atoms with Crippen molar-refractivity contribution in [3.63, 3.8) is 0 Å². The first-order valence-electron chi connectivity index (χ1n) is 11.8. The molecule has 3 aromatic heterocycles. The zero-order chi connectivity index (χ0) is 23.8. The SMILES string of the molecule is C=CC(=O)N1CCN(Cc2nc3nc(-c4cccc5[nH]ncc45)nc(N4CCOCC4)c3s2)CC1. The second kappa shape index (κ2) is 9.33. The third kappa shape index (κ3) is 4.26. The molecule has 2 aliphatic heterocycles. The number of amides is 1. The van der Waals surface area contributed by atoms with Crippen LogP contribution in [0.15, 0.2) is 37.1 Å². The number of aromatic nitrogens is 5. The van der Waals surface area contributed by atoms with Crippen molar-refractivity contribution in [2.75, 3.05) is 57.4 Å². The van der Waals surface area contributed by atoms with E-state index in [1.54, 1.807) is 11.3 Å². The Bertz CT molecular complexity index is 1380. The normalized spacial score (nSPS) is 17.4. The first-order chi connectivity index (χ1) is 17.2. The van der Waals surface area contributed by atoms with Gasteiger partial charge in [0, 0.05) is 50.2 Å². The summed E-state index contributed by atoms with van der Waals surface area (Å²) in [6.45, 7) is 10.3. The van der Waals surface area contributed by atoms with E-state index in [0.717, 1.165) is 70.4 Å². The standard InChI is InChI=1S/C24H26N8O2S/c1-2-20(33)31-8-6-30(7-9-31)15-19-26-23-21(35-19)24(32-10-12-34-13-11-32)28-22(27-23)16-4-3-5-18-17(16)14-25-29-18/h2-5,14H,1,6-13,15H2,(H,25,29). The predicted molar refractivity (Wildman–Crippen MR) is 135 cm³/mol. The molecule has 10 nitrogen and oxygen atoms in total. The number of fused-ring (bicyclic) bond motifs is 2. The number of carbonyl (C=O) groups excluding carboxylic acids is 1. The molecule has 0 unspecified atom stereocenters. The number of ether oxygens (including phenoxy) is 1. The van der Waals surface area contributed by atoms with E-state index in [4.69, 9.17) is 19.7 Å². The van der Waals surface area contributed by atoms with E-state index in [1.807, 2.05) is 29.3 Å². The lowest BCUT2D eigenvalue weighted by Gasteiger charge is -2.33. The van der Waals surface area contributed by atoms with Crippen molar-refractivity contribution in [2.45, 2.75) is 6.54 Å². The molecule has 0 atom stereocenters. The van der Waals surface area contributed by atoms with E-state index < -0.39 is 0 Å². The van der Waals surface area contributed by atoms with Gasteiger partial charge in [-0.25, -0.2) is 15.0 Å². The maximum absolute atomic E-state index is 11.9. The number of anilines is 1. The van der Waals surface area contributed by atoms with Gasteiger partial charge < -0.3 is 14.5 Å². The smallest absolute Gasteiger partial charge is 0.246 e. The molecule has 1 aromatic carbocycles.